The molecule has 0 spiro atoms. The van der Waals surface area contributed by atoms with Gasteiger partial charge in [0.1, 0.15) is 6.04 Å². The molecule has 0 aliphatic carbocycles. The lowest BCUT2D eigenvalue weighted by atomic mass is 9.88. The van der Waals surface area contributed by atoms with Gasteiger partial charge in [-0.3, -0.25) is 9.59 Å². The Morgan fingerprint density at radius 2 is 1.60 bits per heavy atom. The molecule has 2 rings (SSSR count). The minimum absolute atomic E-state index is 0.0188. The van der Waals surface area contributed by atoms with Crippen LogP contribution in [0.5, 0.6) is 0 Å². The van der Waals surface area contributed by atoms with Gasteiger partial charge in [-0.15, -0.1) is 0 Å². The van der Waals surface area contributed by atoms with Crippen molar-refractivity contribution in [1.82, 2.24) is 20.9 Å². The van der Waals surface area contributed by atoms with Gasteiger partial charge in [0.15, 0.2) is 0 Å². The first-order valence-corrected chi connectivity index (χ1v) is 10.9. The van der Waals surface area contributed by atoms with Gasteiger partial charge >= 0.3 is 6.03 Å². The Kier molecular flexibility index (Phi) is 8.69. The first-order valence-electron chi connectivity index (χ1n) is 10.9. The molecule has 1 aromatic rings. The summed E-state index contributed by atoms with van der Waals surface area (Å²) in [6.45, 7) is 11.6. The van der Waals surface area contributed by atoms with Crippen molar-refractivity contribution in [2.24, 2.45) is 11.8 Å². The molecule has 1 atom stereocenters. The van der Waals surface area contributed by atoms with E-state index in [4.69, 9.17) is 0 Å². The Morgan fingerprint density at radius 3 is 2.13 bits per heavy atom. The molecule has 1 aromatic carbocycles. The van der Waals surface area contributed by atoms with E-state index in [1.165, 1.54) is 0 Å². The number of benzene rings is 1. The quantitative estimate of drug-likeness (QED) is 0.638. The van der Waals surface area contributed by atoms with E-state index in [-0.39, 0.29) is 29.8 Å². The molecular formula is C23H36N4O3. The lowest BCUT2D eigenvalue weighted by Crippen LogP contribution is -2.55. The predicted octanol–water partition coefficient (Wildman–Crippen LogP) is 2.70. The number of urea groups is 1. The summed E-state index contributed by atoms with van der Waals surface area (Å²) in [7, 11) is 0. The fourth-order valence-corrected chi connectivity index (χ4v) is 3.52. The fraction of sp³-hybridized carbons (Fsp3) is 0.609. The van der Waals surface area contributed by atoms with Crippen LogP contribution in [0.25, 0.3) is 0 Å². The zero-order chi connectivity index (χ0) is 22.3. The lowest BCUT2D eigenvalue weighted by molar-refractivity contribution is -0.124. The molecule has 1 unspecified atom stereocenters. The zero-order valence-electron chi connectivity index (χ0n) is 18.8. The highest BCUT2D eigenvalue weighted by atomic mass is 16.2. The van der Waals surface area contributed by atoms with Gasteiger partial charge in [-0.2, -0.15) is 0 Å². The van der Waals surface area contributed by atoms with Crippen molar-refractivity contribution < 1.29 is 14.4 Å². The molecule has 166 valence electrons. The van der Waals surface area contributed by atoms with Crippen molar-refractivity contribution in [2.45, 2.75) is 59.5 Å². The SMILES string of the molecule is Cc1ccc(C(=O)NC(C(=O)NCC(C)C)C2CCN(C(=O)NC(C)C)CC2)cc1. The number of nitrogens with one attached hydrogen (secondary N) is 3. The summed E-state index contributed by atoms with van der Waals surface area (Å²) in [5.74, 6) is -0.104. The molecule has 30 heavy (non-hydrogen) atoms. The molecular weight excluding hydrogens is 380 g/mol. The molecule has 1 fully saturated rings. The third-order valence-corrected chi connectivity index (χ3v) is 5.28. The zero-order valence-corrected chi connectivity index (χ0v) is 18.8. The Bertz CT molecular complexity index is 722. The average molecular weight is 417 g/mol. The second-order valence-electron chi connectivity index (χ2n) is 8.88. The summed E-state index contributed by atoms with van der Waals surface area (Å²) in [5.41, 5.74) is 1.61. The number of hydrogen-bond acceptors (Lipinski definition) is 3. The molecule has 0 bridgehead atoms. The van der Waals surface area contributed by atoms with E-state index in [9.17, 15) is 14.4 Å². The molecule has 0 aromatic heterocycles. The Hall–Kier alpha value is -2.57. The van der Waals surface area contributed by atoms with Crippen molar-refractivity contribution in [2.75, 3.05) is 19.6 Å². The van der Waals surface area contributed by atoms with Crippen LogP contribution in [0.4, 0.5) is 4.79 Å². The van der Waals surface area contributed by atoms with Crippen LogP contribution in [-0.2, 0) is 4.79 Å². The van der Waals surface area contributed by atoms with Crippen molar-refractivity contribution in [3.05, 3.63) is 35.4 Å². The van der Waals surface area contributed by atoms with Crippen molar-refractivity contribution in [3.63, 3.8) is 0 Å². The topological polar surface area (TPSA) is 90.5 Å². The van der Waals surface area contributed by atoms with E-state index in [1.54, 1.807) is 17.0 Å². The molecule has 1 aliphatic rings. The summed E-state index contributed by atoms with van der Waals surface area (Å²) in [6.07, 6.45) is 1.33. The van der Waals surface area contributed by atoms with Crippen LogP contribution in [0.15, 0.2) is 24.3 Å². The number of carbonyl (C=O) groups excluding carboxylic acids is 3. The average Bonchev–Trinajstić information content (AvgIpc) is 2.70. The summed E-state index contributed by atoms with van der Waals surface area (Å²) < 4.78 is 0. The Labute approximate surface area is 180 Å². The maximum atomic E-state index is 12.9. The molecule has 7 nitrogen and oxygen atoms in total. The molecule has 4 amide bonds. The van der Waals surface area contributed by atoms with Gasteiger partial charge in [-0.1, -0.05) is 31.5 Å². The predicted molar refractivity (Wildman–Crippen MR) is 118 cm³/mol. The van der Waals surface area contributed by atoms with E-state index < -0.39 is 6.04 Å². The summed E-state index contributed by atoms with van der Waals surface area (Å²) in [4.78, 5) is 39.7. The van der Waals surface area contributed by atoms with Gasteiger partial charge in [0.25, 0.3) is 5.91 Å². The summed E-state index contributed by atoms with van der Waals surface area (Å²) >= 11 is 0. The third-order valence-electron chi connectivity index (χ3n) is 5.28. The van der Waals surface area contributed by atoms with Gasteiger partial charge < -0.3 is 20.9 Å². The number of carbonyl (C=O) groups is 3. The van der Waals surface area contributed by atoms with Gasteiger partial charge in [-0.25, -0.2) is 4.79 Å². The highest BCUT2D eigenvalue weighted by Crippen LogP contribution is 2.22. The fourth-order valence-electron chi connectivity index (χ4n) is 3.52. The van der Waals surface area contributed by atoms with Crippen LogP contribution in [0.3, 0.4) is 0 Å². The number of hydrogen-bond donors (Lipinski definition) is 3. The number of amides is 4. The summed E-state index contributed by atoms with van der Waals surface area (Å²) in [6, 6.07) is 6.70. The first-order chi connectivity index (χ1) is 14.2. The second kappa shape index (κ2) is 11.0. The van der Waals surface area contributed by atoms with Crippen molar-refractivity contribution in [1.29, 1.82) is 0 Å². The first kappa shape index (κ1) is 23.7. The van der Waals surface area contributed by atoms with E-state index in [0.29, 0.717) is 44.0 Å². The van der Waals surface area contributed by atoms with Crippen molar-refractivity contribution in [3.8, 4) is 0 Å². The second-order valence-corrected chi connectivity index (χ2v) is 8.88. The summed E-state index contributed by atoms with van der Waals surface area (Å²) in [5, 5.41) is 8.82. The molecule has 0 radical (unpaired) electrons. The maximum absolute atomic E-state index is 12.9. The Balaban J connectivity index is 2.06. The lowest BCUT2D eigenvalue weighted by Gasteiger charge is -2.36. The largest absolute Gasteiger partial charge is 0.354 e. The van der Waals surface area contributed by atoms with Crippen LogP contribution >= 0.6 is 0 Å². The smallest absolute Gasteiger partial charge is 0.317 e. The van der Waals surface area contributed by atoms with Crippen molar-refractivity contribution >= 4 is 17.8 Å². The van der Waals surface area contributed by atoms with Gasteiger partial charge in [0.2, 0.25) is 5.91 Å². The molecule has 1 aliphatic heterocycles. The van der Waals surface area contributed by atoms with Crippen LogP contribution in [0.2, 0.25) is 0 Å². The number of piperidine rings is 1. The molecule has 1 heterocycles. The minimum Gasteiger partial charge on any atom is -0.354 e. The molecule has 1 saturated heterocycles. The minimum atomic E-state index is -0.618. The van der Waals surface area contributed by atoms with E-state index in [0.717, 1.165) is 5.56 Å². The number of rotatable bonds is 7. The van der Waals surface area contributed by atoms with E-state index in [2.05, 4.69) is 16.0 Å². The van der Waals surface area contributed by atoms with Gasteiger partial charge in [0, 0.05) is 31.2 Å². The van der Waals surface area contributed by atoms with Gasteiger partial charge in [0.05, 0.1) is 0 Å². The Morgan fingerprint density at radius 1 is 1.00 bits per heavy atom. The standard InChI is InChI=1S/C23H36N4O3/c1-15(2)14-24-22(29)20(26-21(28)19-8-6-17(5)7-9-19)18-10-12-27(13-11-18)23(30)25-16(3)4/h6-9,15-16,18,20H,10-14H2,1-5H3,(H,24,29)(H,25,30)(H,26,28). The van der Waals surface area contributed by atoms with Gasteiger partial charge in [-0.05, 0) is 57.6 Å². The van der Waals surface area contributed by atoms with Crippen LogP contribution < -0.4 is 16.0 Å². The molecule has 3 N–H and O–H groups in total. The molecule has 7 heteroatoms. The van der Waals surface area contributed by atoms with Crippen LogP contribution in [-0.4, -0.2) is 54.5 Å². The van der Waals surface area contributed by atoms with Crippen LogP contribution in [0.1, 0.15) is 56.5 Å². The number of likely N-dealkylation sites (tertiary alicyclic amines) is 1. The highest BCUT2D eigenvalue weighted by Gasteiger charge is 2.34. The van der Waals surface area contributed by atoms with Crippen LogP contribution in [0, 0.1) is 18.8 Å². The normalized spacial score (nSPS) is 15.8. The van der Waals surface area contributed by atoms with E-state index >= 15 is 0 Å². The highest BCUT2D eigenvalue weighted by molar-refractivity contribution is 5.97. The third kappa shape index (κ3) is 7.04. The number of aryl methyl sites for hydroxylation is 1. The number of nitrogens with zero attached hydrogens (tertiary/aromatic N) is 1. The maximum Gasteiger partial charge on any atom is 0.317 e. The van der Waals surface area contributed by atoms with E-state index in [1.807, 2.05) is 46.8 Å². The monoisotopic (exact) mass is 416 g/mol. The molecule has 0 saturated carbocycles.